The molecule has 0 heterocycles. The third-order valence-electron chi connectivity index (χ3n) is 3.03. The number of hydrogen-bond acceptors (Lipinski definition) is 1. The summed E-state index contributed by atoms with van der Waals surface area (Å²) in [5.74, 6) is 0.546. The van der Waals surface area contributed by atoms with E-state index in [1.54, 1.807) is 0 Å². The predicted octanol–water partition coefficient (Wildman–Crippen LogP) is 3.78. The highest BCUT2D eigenvalue weighted by molar-refractivity contribution is 5.54. The van der Waals surface area contributed by atoms with E-state index in [1.807, 2.05) is 6.07 Å². The van der Waals surface area contributed by atoms with Gasteiger partial charge in [-0.25, -0.2) is 0 Å². The smallest absolute Gasteiger partial charge is 0.202 e. The zero-order valence-corrected chi connectivity index (χ0v) is 10.3. The van der Waals surface area contributed by atoms with E-state index in [2.05, 4.69) is 44.4 Å². The molecule has 1 aromatic carbocycles. The molecule has 0 amide bonds. The molecule has 1 aromatic rings. The van der Waals surface area contributed by atoms with Crippen molar-refractivity contribution in [3.8, 4) is 0 Å². The molecule has 0 saturated heterocycles. The van der Waals surface area contributed by atoms with E-state index >= 15 is 0 Å². The van der Waals surface area contributed by atoms with E-state index < -0.39 is 0 Å². The van der Waals surface area contributed by atoms with E-state index in [0.29, 0.717) is 5.92 Å². The minimum absolute atomic E-state index is 0.121. The molecule has 16 heavy (non-hydrogen) atoms. The van der Waals surface area contributed by atoms with Gasteiger partial charge in [-0.15, -0.1) is 0 Å². The lowest BCUT2D eigenvalue weighted by molar-refractivity contribution is 0.413. The summed E-state index contributed by atoms with van der Waals surface area (Å²) in [5.41, 5.74) is 1.39. The van der Waals surface area contributed by atoms with Gasteiger partial charge in [-0.3, -0.25) is 4.79 Å². The Morgan fingerprint density at radius 3 is 2.38 bits per heavy atom. The van der Waals surface area contributed by atoms with Crippen molar-refractivity contribution >= 4 is 6.29 Å². The summed E-state index contributed by atoms with van der Waals surface area (Å²) in [6.45, 7) is 4.18. The third kappa shape index (κ3) is 4.61. The molecule has 1 rings (SSSR count). The molecular weight excluding hydrogens is 196 g/mol. The monoisotopic (exact) mass is 217 g/mol. The molecule has 0 fully saturated rings. The minimum atomic E-state index is 0.121. The highest BCUT2D eigenvalue weighted by atomic mass is 16.1. The van der Waals surface area contributed by atoms with Crippen molar-refractivity contribution in [3.63, 3.8) is 0 Å². The van der Waals surface area contributed by atoms with Crippen molar-refractivity contribution in [1.29, 1.82) is 0 Å². The molecule has 1 atom stereocenters. The fraction of sp³-hybridized carbons (Fsp3) is 0.533. The molecule has 0 N–H and O–H groups in total. The standard InChI is InChI=1S/C15H21O/c1-13(2)15(12-16)11-7-6-10-14-8-4-3-5-9-14/h3-5,8-9,13,15H,6-7,10-11H2,1-2H3. The first-order valence-corrected chi connectivity index (χ1v) is 6.15. The summed E-state index contributed by atoms with van der Waals surface area (Å²) >= 11 is 0. The van der Waals surface area contributed by atoms with Gasteiger partial charge in [0.15, 0.2) is 0 Å². The largest absolute Gasteiger partial charge is 0.291 e. The molecule has 0 aromatic heterocycles. The fourth-order valence-electron chi connectivity index (χ4n) is 1.87. The first kappa shape index (κ1) is 13.0. The number of hydrogen-bond donors (Lipinski definition) is 0. The van der Waals surface area contributed by atoms with Crippen LogP contribution in [-0.4, -0.2) is 6.29 Å². The molecule has 1 unspecified atom stereocenters. The summed E-state index contributed by atoms with van der Waals surface area (Å²) in [7, 11) is 0. The second kappa shape index (κ2) is 7.21. The van der Waals surface area contributed by atoms with E-state index in [9.17, 15) is 4.79 Å². The average molecular weight is 217 g/mol. The van der Waals surface area contributed by atoms with Crippen LogP contribution in [0, 0.1) is 11.8 Å². The topological polar surface area (TPSA) is 17.1 Å². The van der Waals surface area contributed by atoms with Crippen molar-refractivity contribution < 1.29 is 4.79 Å². The molecule has 1 heteroatoms. The van der Waals surface area contributed by atoms with E-state index in [-0.39, 0.29) is 5.92 Å². The molecule has 0 aliphatic carbocycles. The Bertz CT molecular complexity index is 290. The molecular formula is C15H21O. The molecule has 0 bridgehead atoms. The normalized spacial score (nSPS) is 12.7. The van der Waals surface area contributed by atoms with Crippen LogP contribution in [0.1, 0.15) is 38.7 Å². The van der Waals surface area contributed by atoms with E-state index in [1.165, 1.54) is 5.56 Å². The predicted molar refractivity (Wildman–Crippen MR) is 68.0 cm³/mol. The first-order chi connectivity index (χ1) is 7.74. The summed E-state index contributed by atoms with van der Waals surface area (Å²) in [5, 5.41) is 0. The number of unbranched alkanes of at least 4 members (excludes halogenated alkanes) is 1. The SMILES string of the molecule is CC(C)C([C]=O)CCCCc1ccccc1. The third-order valence-corrected chi connectivity index (χ3v) is 3.03. The Kier molecular flexibility index (Phi) is 5.84. The molecule has 0 aliphatic rings. The number of rotatable bonds is 7. The average Bonchev–Trinajstić information content (AvgIpc) is 2.30. The highest BCUT2D eigenvalue weighted by Gasteiger charge is 2.12. The van der Waals surface area contributed by atoms with Crippen molar-refractivity contribution in [1.82, 2.24) is 0 Å². The van der Waals surface area contributed by atoms with Gasteiger partial charge >= 0.3 is 0 Å². The fourth-order valence-corrected chi connectivity index (χ4v) is 1.87. The van der Waals surface area contributed by atoms with Crippen molar-refractivity contribution in [2.45, 2.75) is 39.5 Å². The summed E-state index contributed by atoms with van der Waals surface area (Å²) in [6, 6.07) is 10.5. The van der Waals surface area contributed by atoms with Crippen LogP contribution in [0.2, 0.25) is 0 Å². The van der Waals surface area contributed by atoms with Gasteiger partial charge in [0.1, 0.15) is 0 Å². The van der Waals surface area contributed by atoms with Crippen LogP contribution in [0.5, 0.6) is 0 Å². The lowest BCUT2D eigenvalue weighted by Crippen LogP contribution is -2.09. The van der Waals surface area contributed by atoms with Gasteiger partial charge < -0.3 is 0 Å². The minimum Gasteiger partial charge on any atom is -0.291 e. The maximum absolute atomic E-state index is 10.7. The Morgan fingerprint density at radius 1 is 1.12 bits per heavy atom. The lowest BCUT2D eigenvalue weighted by Gasteiger charge is -2.12. The number of benzene rings is 1. The van der Waals surface area contributed by atoms with Gasteiger partial charge in [0.2, 0.25) is 6.29 Å². The molecule has 0 spiro atoms. The second-order valence-electron chi connectivity index (χ2n) is 4.70. The van der Waals surface area contributed by atoms with Gasteiger partial charge in [0.05, 0.1) is 0 Å². The van der Waals surface area contributed by atoms with Gasteiger partial charge in [-0.1, -0.05) is 50.6 Å². The van der Waals surface area contributed by atoms with Gasteiger partial charge in [0, 0.05) is 5.92 Å². The van der Waals surface area contributed by atoms with Crippen molar-refractivity contribution in [3.05, 3.63) is 35.9 Å². The van der Waals surface area contributed by atoms with Gasteiger partial charge in [-0.05, 0) is 30.7 Å². The summed E-state index contributed by atoms with van der Waals surface area (Å²) in [6.07, 6.45) is 6.53. The Labute approximate surface area is 98.9 Å². The molecule has 1 radical (unpaired) electrons. The number of aryl methyl sites for hydroxylation is 1. The Hall–Kier alpha value is -1.11. The van der Waals surface area contributed by atoms with E-state index in [4.69, 9.17) is 0 Å². The zero-order valence-electron chi connectivity index (χ0n) is 10.3. The van der Waals surface area contributed by atoms with Crippen LogP contribution in [0.4, 0.5) is 0 Å². The maximum Gasteiger partial charge on any atom is 0.202 e. The van der Waals surface area contributed by atoms with Crippen LogP contribution < -0.4 is 0 Å². The van der Waals surface area contributed by atoms with Gasteiger partial charge in [-0.2, -0.15) is 0 Å². The Morgan fingerprint density at radius 2 is 1.81 bits per heavy atom. The molecule has 0 saturated carbocycles. The quantitative estimate of drug-likeness (QED) is 0.635. The molecule has 87 valence electrons. The first-order valence-electron chi connectivity index (χ1n) is 6.15. The highest BCUT2D eigenvalue weighted by Crippen LogP contribution is 2.16. The Balaban J connectivity index is 2.19. The summed E-state index contributed by atoms with van der Waals surface area (Å²) in [4.78, 5) is 10.7. The zero-order chi connectivity index (χ0) is 11.8. The van der Waals surface area contributed by atoms with Crippen LogP contribution in [0.25, 0.3) is 0 Å². The molecule has 0 aliphatic heterocycles. The van der Waals surface area contributed by atoms with Gasteiger partial charge in [0.25, 0.3) is 0 Å². The lowest BCUT2D eigenvalue weighted by atomic mass is 9.91. The van der Waals surface area contributed by atoms with Crippen LogP contribution >= 0.6 is 0 Å². The maximum atomic E-state index is 10.7. The summed E-state index contributed by atoms with van der Waals surface area (Å²) < 4.78 is 0. The van der Waals surface area contributed by atoms with Crippen molar-refractivity contribution in [2.24, 2.45) is 11.8 Å². The van der Waals surface area contributed by atoms with Crippen molar-refractivity contribution in [2.75, 3.05) is 0 Å². The molecule has 1 nitrogen and oxygen atoms in total. The van der Waals surface area contributed by atoms with Crippen LogP contribution in [0.3, 0.4) is 0 Å². The van der Waals surface area contributed by atoms with Crippen LogP contribution in [0.15, 0.2) is 30.3 Å². The number of carbonyl (C=O) groups excluding carboxylic acids is 1. The van der Waals surface area contributed by atoms with E-state index in [0.717, 1.165) is 25.7 Å². The second-order valence-corrected chi connectivity index (χ2v) is 4.70. The van der Waals surface area contributed by atoms with Crippen LogP contribution in [-0.2, 0) is 11.2 Å².